The van der Waals surface area contributed by atoms with Gasteiger partial charge < -0.3 is 19.7 Å². The molecule has 370 valence electrons. The van der Waals surface area contributed by atoms with Gasteiger partial charge in [-0.1, -0.05) is 213 Å². The lowest BCUT2D eigenvalue weighted by molar-refractivity contribution is -0.125. The number of amides is 1. The van der Waals surface area contributed by atoms with E-state index in [2.05, 4.69) is 62.5 Å². The minimum absolute atomic E-state index is 0. The number of hydrogen-bond donors (Lipinski definition) is 1. The van der Waals surface area contributed by atoms with E-state index in [0.717, 1.165) is 95.0 Å². The van der Waals surface area contributed by atoms with Crippen molar-refractivity contribution in [2.45, 2.75) is 284 Å². The summed E-state index contributed by atoms with van der Waals surface area (Å²) in [6.07, 6.45) is 49.1. The lowest BCUT2D eigenvalue weighted by Gasteiger charge is -2.24. The van der Waals surface area contributed by atoms with Crippen LogP contribution in [-0.4, -0.2) is 49.7 Å². The zero-order valence-electron chi connectivity index (χ0n) is 42.9. The van der Waals surface area contributed by atoms with Crippen molar-refractivity contribution in [2.24, 2.45) is 11.8 Å². The van der Waals surface area contributed by atoms with Crippen LogP contribution in [-0.2, 0) is 14.3 Å². The van der Waals surface area contributed by atoms with E-state index in [-0.39, 0.29) is 7.34 Å². The van der Waals surface area contributed by atoms with Gasteiger partial charge in [-0.3, -0.25) is 4.79 Å². The number of nitrogens with zero attached hydrogens (tertiary/aromatic N) is 1. The van der Waals surface area contributed by atoms with Gasteiger partial charge in [-0.2, -0.15) is 0 Å². The number of hydrogen-bond acceptors (Lipinski definition) is 4. The Morgan fingerprint density at radius 3 is 1.54 bits per heavy atom. The molecule has 0 aliphatic heterocycles. The molecule has 0 aromatic rings. The Balaban J connectivity index is 0.0000397. The fourth-order valence-electron chi connectivity index (χ4n) is 9.60. The van der Waals surface area contributed by atoms with Gasteiger partial charge in [0.15, 0.2) is 0 Å². The van der Waals surface area contributed by atoms with E-state index in [1.807, 2.05) is 0 Å². The standard InChI is InChI=1S/C58H108N2O3.H2/c1-7-13-17-19-23-34-45-57(46-35-24-20-18-14-8-2)63-56(12-6)44-33-26-22-28-37-50-60(51-38-48-59-58(61)54-41-30-29-31-42-54)49-36-27-21-25-32-43-55(11-5)62-52-47-53(39-15-9-3)40-16-10-4;/h53-54,57H,5-10,13-52H2,1-4H3,(H,59,61);1H. The fraction of sp³-hybridized carbons (Fsp3) is 0.879. The summed E-state index contributed by atoms with van der Waals surface area (Å²) in [5.74, 6) is 3.33. The van der Waals surface area contributed by atoms with Gasteiger partial charge >= 0.3 is 0 Å². The molecule has 0 aromatic carbocycles. The zero-order valence-corrected chi connectivity index (χ0v) is 42.9. The van der Waals surface area contributed by atoms with Crippen molar-refractivity contribution in [3.05, 3.63) is 36.1 Å². The van der Waals surface area contributed by atoms with Crippen molar-refractivity contribution in [1.82, 2.24) is 10.2 Å². The van der Waals surface area contributed by atoms with E-state index in [4.69, 9.17) is 9.47 Å². The maximum atomic E-state index is 12.8. The van der Waals surface area contributed by atoms with Crippen LogP contribution in [0.1, 0.15) is 280 Å². The number of nitrogens with one attached hydrogen (secondary N) is 1. The fourth-order valence-corrected chi connectivity index (χ4v) is 9.60. The highest BCUT2D eigenvalue weighted by Gasteiger charge is 2.20. The van der Waals surface area contributed by atoms with Crippen molar-refractivity contribution in [3.63, 3.8) is 0 Å². The summed E-state index contributed by atoms with van der Waals surface area (Å²) in [6, 6.07) is 0. The second-order valence-electron chi connectivity index (χ2n) is 19.7. The molecule has 63 heavy (non-hydrogen) atoms. The largest absolute Gasteiger partial charge is 0.490 e. The van der Waals surface area contributed by atoms with Gasteiger partial charge in [0.25, 0.3) is 0 Å². The van der Waals surface area contributed by atoms with Crippen LogP contribution in [0.5, 0.6) is 0 Å². The monoisotopic (exact) mass is 883 g/mol. The molecule has 1 saturated carbocycles. The Hall–Kier alpha value is -1.93. The minimum atomic E-state index is 0. The van der Waals surface area contributed by atoms with Crippen molar-refractivity contribution in [3.8, 4) is 0 Å². The van der Waals surface area contributed by atoms with Crippen molar-refractivity contribution in [2.75, 3.05) is 32.8 Å². The number of allylic oxidation sites excluding steroid dienone is 2. The van der Waals surface area contributed by atoms with Crippen molar-refractivity contribution in [1.29, 1.82) is 0 Å². The molecule has 0 radical (unpaired) electrons. The molecule has 1 rings (SSSR count). The second-order valence-corrected chi connectivity index (χ2v) is 19.7. The number of carbonyl (C=O) groups excluding carboxylic acids is 1. The maximum Gasteiger partial charge on any atom is 0.223 e. The van der Waals surface area contributed by atoms with E-state index in [1.54, 1.807) is 0 Å². The summed E-state index contributed by atoms with van der Waals surface area (Å²) >= 11 is 0. The van der Waals surface area contributed by atoms with Gasteiger partial charge in [-0.05, 0) is 103 Å². The molecule has 0 spiro atoms. The summed E-state index contributed by atoms with van der Waals surface area (Å²) in [7, 11) is 0. The average Bonchev–Trinajstić information content (AvgIpc) is 3.31. The predicted octanol–water partition coefficient (Wildman–Crippen LogP) is 17.9. The highest BCUT2D eigenvalue weighted by Crippen LogP contribution is 2.25. The SMILES string of the molecule is C=C=C(CCCCCCCN(CCCCCCCC(=C=C)OC(CCCCCCCC)CCCCCCCC)CCCNC(=O)C1CCCCC1)OCCC(CCCC)CCCC.[HH]. The molecule has 1 aliphatic carbocycles. The van der Waals surface area contributed by atoms with Crippen LogP contribution < -0.4 is 5.32 Å². The van der Waals surface area contributed by atoms with Crippen LogP contribution in [0.3, 0.4) is 0 Å². The predicted molar refractivity (Wildman–Crippen MR) is 277 cm³/mol. The van der Waals surface area contributed by atoms with Crippen LogP contribution in [0.15, 0.2) is 36.1 Å². The average molecular weight is 884 g/mol. The Bertz CT molecular complexity index is 1100. The molecule has 1 aliphatic rings. The molecular weight excluding hydrogens is 773 g/mol. The van der Waals surface area contributed by atoms with E-state index < -0.39 is 0 Å². The third kappa shape index (κ3) is 35.9. The summed E-state index contributed by atoms with van der Waals surface area (Å²) in [5.41, 5.74) is 6.30. The summed E-state index contributed by atoms with van der Waals surface area (Å²) in [6.45, 7) is 22.2. The number of unbranched alkanes of at least 4 members (excludes halogenated alkanes) is 20. The maximum absolute atomic E-state index is 12.8. The van der Waals surface area contributed by atoms with Gasteiger partial charge in [-0.15, -0.1) is 0 Å². The molecule has 0 bridgehead atoms. The summed E-state index contributed by atoms with van der Waals surface area (Å²) in [5, 5.41) is 3.29. The molecule has 5 heteroatoms. The zero-order chi connectivity index (χ0) is 45.7. The van der Waals surface area contributed by atoms with Crippen LogP contribution in [0.25, 0.3) is 0 Å². The third-order valence-corrected chi connectivity index (χ3v) is 13.9. The molecule has 0 saturated heterocycles. The third-order valence-electron chi connectivity index (χ3n) is 13.9. The van der Waals surface area contributed by atoms with Crippen LogP contribution >= 0.6 is 0 Å². The molecule has 1 fully saturated rings. The van der Waals surface area contributed by atoms with Crippen molar-refractivity contribution >= 4 is 5.91 Å². The molecule has 0 aromatic heterocycles. The first-order chi connectivity index (χ1) is 31.0. The Morgan fingerprint density at radius 1 is 0.556 bits per heavy atom. The van der Waals surface area contributed by atoms with Gasteiger partial charge in [0.05, 0.1) is 12.7 Å². The van der Waals surface area contributed by atoms with Gasteiger partial charge in [0, 0.05) is 26.7 Å². The van der Waals surface area contributed by atoms with Crippen molar-refractivity contribution < 1.29 is 15.7 Å². The normalized spacial score (nSPS) is 13.1. The molecular formula is C58H110N2O3. The Labute approximate surface area is 395 Å². The minimum Gasteiger partial charge on any atom is -0.490 e. The summed E-state index contributed by atoms with van der Waals surface area (Å²) < 4.78 is 12.8. The number of ether oxygens (including phenoxy) is 2. The van der Waals surface area contributed by atoms with E-state index in [9.17, 15) is 4.79 Å². The van der Waals surface area contributed by atoms with Crippen LogP contribution in [0, 0.1) is 11.8 Å². The Kier molecular flexibility index (Phi) is 42.4. The first-order valence-electron chi connectivity index (χ1n) is 28.1. The Morgan fingerprint density at radius 2 is 1.02 bits per heavy atom. The van der Waals surface area contributed by atoms with Gasteiger partial charge in [-0.25, -0.2) is 0 Å². The van der Waals surface area contributed by atoms with Crippen LogP contribution in [0.4, 0.5) is 0 Å². The first kappa shape index (κ1) is 59.1. The van der Waals surface area contributed by atoms with E-state index >= 15 is 0 Å². The van der Waals surface area contributed by atoms with E-state index in [0.29, 0.717) is 12.0 Å². The quantitative estimate of drug-likeness (QED) is 0.0376. The van der Waals surface area contributed by atoms with E-state index in [1.165, 1.54) is 206 Å². The molecule has 1 amide bonds. The molecule has 0 heterocycles. The molecule has 0 unspecified atom stereocenters. The number of carbonyl (C=O) groups is 1. The highest BCUT2D eigenvalue weighted by molar-refractivity contribution is 5.78. The molecule has 1 N–H and O–H groups in total. The number of rotatable bonds is 47. The first-order valence-corrected chi connectivity index (χ1v) is 28.1. The molecule has 0 atom stereocenters. The summed E-state index contributed by atoms with van der Waals surface area (Å²) in [4.78, 5) is 15.5. The smallest absolute Gasteiger partial charge is 0.223 e. The topological polar surface area (TPSA) is 50.8 Å². The highest BCUT2D eigenvalue weighted by atomic mass is 16.5. The van der Waals surface area contributed by atoms with Gasteiger partial charge in [0.1, 0.15) is 11.5 Å². The lowest BCUT2D eigenvalue weighted by atomic mass is 9.89. The van der Waals surface area contributed by atoms with Crippen LogP contribution in [0.2, 0.25) is 0 Å². The molecule has 5 nitrogen and oxygen atoms in total. The lowest BCUT2D eigenvalue weighted by Crippen LogP contribution is -2.35. The van der Waals surface area contributed by atoms with Gasteiger partial charge in [0.2, 0.25) is 5.91 Å². The second kappa shape index (κ2) is 45.2.